The fraction of sp³-hybridized carbons (Fsp3) is 0.562. The Hall–Kier alpha value is -1.00. The van der Waals surface area contributed by atoms with Gasteiger partial charge in [0.15, 0.2) is 5.96 Å². The number of nitrogens with zero attached hydrogens (tertiary/aromatic N) is 2. The van der Waals surface area contributed by atoms with E-state index in [9.17, 15) is 8.78 Å². The number of ether oxygens (including phenoxy) is 1. The first-order valence-electron chi connectivity index (χ1n) is 7.87. The molecule has 1 fully saturated rings. The maximum absolute atomic E-state index is 13.5. The molecule has 1 saturated heterocycles. The molecule has 24 heavy (non-hydrogen) atoms. The largest absolute Gasteiger partial charge is 0.379 e. The van der Waals surface area contributed by atoms with Crippen LogP contribution in [-0.4, -0.2) is 63.8 Å². The van der Waals surface area contributed by atoms with Crippen molar-refractivity contribution < 1.29 is 13.5 Å². The molecule has 8 heteroatoms. The topological polar surface area (TPSA) is 48.9 Å². The van der Waals surface area contributed by atoms with E-state index < -0.39 is 5.82 Å². The molecule has 0 unspecified atom stereocenters. The minimum Gasteiger partial charge on any atom is -0.379 e. The quantitative estimate of drug-likeness (QED) is 0.390. The number of benzene rings is 1. The summed E-state index contributed by atoms with van der Waals surface area (Å²) in [5, 5.41) is 6.33. The molecule has 1 aliphatic heterocycles. The van der Waals surface area contributed by atoms with Crippen LogP contribution in [0.15, 0.2) is 23.2 Å². The summed E-state index contributed by atoms with van der Waals surface area (Å²) in [6.45, 7) is 5.64. The average molecular weight is 454 g/mol. The SMILES string of the molecule is CN=C(NCCc1cc(F)ccc1F)NCCN1CCOCC1.I. The molecule has 0 bridgehead atoms. The predicted octanol–water partition coefficient (Wildman–Crippen LogP) is 1.62. The normalized spacial score (nSPS) is 15.7. The van der Waals surface area contributed by atoms with Crippen LogP contribution in [0.2, 0.25) is 0 Å². The van der Waals surface area contributed by atoms with Gasteiger partial charge < -0.3 is 15.4 Å². The van der Waals surface area contributed by atoms with Gasteiger partial charge >= 0.3 is 0 Å². The third kappa shape index (κ3) is 7.27. The van der Waals surface area contributed by atoms with Crippen LogP contribution < -0.4 is 10.6 Å². The minimum atomic E-state index is -0.422. The Kier molecular flexibility index (Phi) is 10.1. The van der Waals surface area contributed by atoms with E-state index in [0.717, 1.165) is 51.5 Å². The van der Waals surface area contributed by atoms with Gasteiger partial charge in [0.1, 0.15) is 11.6 Å². The number of nitrogens with one attached hydrogen (secondary N) is 2. The summed E-state index contributed by atoms with van der Waals surface area (Å²) in [7, 11) is 1.69. The molecule has 2 rings (SSSR count). The van der Waals surface area contributed by atoms with Crippen molar-refractivity contribution in [3.05, 3.63) is 35.4 Å². The van der Waals surface area contributed by atoms with Crippen LogP contribution in [0, 0.1) is 11.6 Å². The molecule has 2 N–H and O–H groups in total. The second-order valence-corrected chi connectivity index (χ2v) is 5.37. The molecule has 0 saturated carbocycles. The summed E-state index contributed by atoms with van der Waals surface area (Å²) >= 11 is 0. The van der Waals surface area contributed by atoms with Gasteiger partial charge in [0.05, 0.1) is 13.2 Å². The molecule has 0 aliphatic carbocycles. The predicted molar refractivity (Wildman–Crippen MR) is 102 cm³/mol. The highest BCUT2D eigenvalue weighted by molar-refractivity contribution is 14.0. The standard InChI is InChI=1S/C16H24F2N4O.HI/c1-19-16(21-6-7-22-8-10-23-11-9-22)20-5-4-13-12-14(17)2-3-15(13)18;/h2-3,12H,4-11H2,1H3,(H2,19,20,21);1H. The number of rotatable bonds is 6. The zero-order valence-electron chi connectivity index (χ0n) is 13.9. The Morgan fingerprint density at radius 1 is 1.21 bits per heavy atom. The Morgan fingerprint density at radius 3 is 2.62 bits per heavy atom. The highest BCUT2D eigenvalue weighted by Crippen LogP contribution is 2.09. The van der Waals surface area contributed by atoms with E-state index in [2.05, 4.69) is 20.5 Å². The molecular weight excluding hydrogens is 429 g/mol. The number of aliphatic imine (C=N–C) groups is 1. The third-order valence-electron chi connectivity index (χ3n) is 3.74. The second-order valence-electron chi connectivity index (χ2n) is 5.37. The average Bonchev–Trinajstić information content (AvgIpc) is 2.57. The van der Waals surface area contributed by atoms with Crippen molar-refractivity contribution in [2.45, 2.75) is 6.42 Å². The van der Waals surface area contributed by atoms with Crippen LogP contribution in [0.25, 0.3) is 0 Å². The molecule has 1 heterocycles. The zero-order chi connectivity index (χ0) is 16.5. The minimum absolute atomic E-state index is 0. The highest BCUT2D eigenvalue weighted by atomic mass is 127. The van der Waals surface area contributed by atoms with Crippen molar-refractivity contribution in [2.24, 2.45) is 4.99 Å². The fourth-order valence-electron chi connectivity index (χ4n) is 2.43. The van der Waals surface area contributed by atoms with Crippen LogP contribution in [-0.2, 0) is 11.2 Å². The highest BCUT2D eigenvalue weighted by Gasteiger charge is 2.09. The van der Waals surface area contributed by atoms with Crippen LogP contribution >= 0.6 is 24.0 Å². The first-order valence-corrected chi connectivity index (χ1v) is 7.87. The van der Waals surface area contributed by atoms with Gasteiger partial charge in [-0.25, -0.2) is 8.78 Å². The Labute approximate surface area is 158 Å². The molecule has 0 amide bonds. The molecule has 5 nitrogen and oxygen atoms in total. The summed E-state index contributed by atoms with van der Waals surface area (Å²) in [5.41, 5.74) is 0.362. The van der Waals surface area contributed by atoms with Gasteiger partial charge in [-0.2, -0.15) is 0 Å². The molecule has 1 aromatic carbocycles. The zero-order valence-corrected chi connectivity index (χ0v) is 16.2. The van der Waals surface area contributed by atoms with Crippen molar-refractivity contribution in [3.8, 4) is 0 Å². The fourth-order valence-corrected chi connectivity index (χ4v) is 2.43. The van der Waals surface area contributed by atoms with E-state index in [1.54, 1.807) is 7.05 Å². The van der Waals surface area contributed by atoms with E-state index in [0.29, 0.717) is 24.5 Å². The Balaban J connectivity index is 0.00000288. The molecule has 0 atom stereocenters. The van der Waals surface area contributed by atoms with Crippen LogP contribution in [0.4, 0.5) is 8.78 Å². The smallest absolute Gasteiger partial charge is 0.191 e. The van der Waals surface area contributed by atoms with Gasteiger partial charge in [0, 0.05) is 39.8 Å². The van der Waals surface area contributed by atoms with E-state index in [-0.39, 0.29) is 29.8 Å². The summed E-state index contributed by atoms with van der Waals surface area (Å²) in [6, 6.07) is 3.50. The summed E-state index contributed by atoms with van der Waals surface area (Å²) in [4.78, 5) is 6.45. The maximum Gasteiger partial charge on any atom is 0.191 e. The van der Waals surface area contributed by atoms with Crippen molar-refractivity contribution >= 4 is 29.9 Å². The molecule has 0 spiro atoms. The molecule has 1 aliphatic rings. The number of morpholine rings is 1. The second kappa shape index (κ2) is 11.5. The molecule has 1 aromatic rings. The molecule has 0 aromatic heterocycles. The Bertz CT molecular complexity index is 525. The van der Waals surface area contributed by atoms with Gasteiger partial charge in [-0.15, -0.1) is 24.0 Å². The molecule has 136 valence electrons. The van der Waals surface area contributed by atoms with Crippen molar-refractivity contribution in [1.29, 1.82) is 0 Å². The third-order valence-corrected chi connectivity index (χ3v) is 3.74. The van der Waals surface area contributed by atoms with Crippen molar-refractivity contribution in [3.63, 3.8) is 0 Å². The summed E-state index contributed by atoms with van der Waals surface area (Å²) < 4.78 is 31.9. The van der Waals surface area contributed by atoms with Crippen LogP contribution in [0.5, 0.6) is 0 Å². The van der Waals surface area contributed by atoms with Crippen LogP contribution in [0.3, 0.4) is 0 Å². The Morgan fingerprint density at radius 2 is 1.92 bits per heavy atom. The van der Waals surface area contributed by atoms with Crippen LogP contribution in [0.1, 0.15) is 5.56 Å². The number of guanidine groups is 1. The first-order chi connectivity index (χ1) is 11.2. The molecular formula is C16H25F2IN4O. The van der Waals surface area contributed by atoms with Gasteiger partial charge in [-0.05, 0) is 30.2 Å². The van der Waals surface area contributed by atoms with Gasteiger partial charge in [0.25, 0.3) is 0 Å². The number of hydrogen-bond acceptors (Lipinski definition) is 3. The maximum atomic E-state index is 13.5. The monoisotopic (exact) mass is 454 g/mol. The lowest BCUT2D eigenvalue weighted by Crippen LogP contribution is -2.44. The summed E-state index contributed by atoms with van der Waals surface area (Å²) in [5.74, 6) is -0.145. The van der Waals surface area contributed by atoms with Gasteiger partial charge in [0.2, 0.25) is 0 Å². The lowest BCUT2D eigenvalue weighted by Gasteiger charge is -2.26. The van der Waals surface area contributed by atoms with E-state index >= 15 is 0 Å². The summed E-state index contributed by atoms with van der Waals surface area (Å²) in [6.07, 6.45) is 0.397. The molecule has 0 radical (unpaired) electrons. The van der Waals surface area contributed by atoms with E-state index in [1.165, 1.54) is 6.07 Å². The number of hydrogen-bond donors (Lipinski definition) is 2. The van der Waals surface area contributed by atoms with E-state index in [1.807, 2.05) is 0 Å². The number of halogens is 3. The lowest BCUT2D eigenvalue weighted by atomic mass is 10.1. The van der Waals surface area contributed by atoms with Gasteiger partial charge in [-0.3, -0.25) is 9.89 Å². The lowest BCUT2D eigenvalue weighted by molar-refractivity contribution is 0.0389. The van der Waals surface area contributed by atoms with Gasteiger partial charge in [-0.1, -0.05) is 0 Å². The van der Waals surface area contributed by atoms with E-state index in [4.69, 9.17) is 4.74 Å². The van der Waals surface area contributed by atoms with Crippen molar-refractivity contribution in [1.82, 2.24) is 15.5 Å². The first kappa shape index (κ1) is 21.0. The van der Waals surface area contributed by atoms with Crippen molar-refractivity contribution in [2.75, 3.05) is 53.0 Å².